The van der Waals surface area contributed by atoms with Gasteiger partial charge in [0, 0.05) is 25.7 Å². The molecule has 1 atom stereocenters. The summed E-state index contributed by atoms with van der Waals surface area (Å²) >= 11 is 0. The third-order valence-corrected chi connectivity index (χ3v) is 3.64. The van der Waals surface area contributed by atoms with E-state index in [1.54, 1.807) is 7.05 Å². The molecule has 1 aliphatic rings. The molecule has 7 heteroatoms. The number of nitro groups is 1. The lowest BCUT2D eigenvalue weighted by molar-refractivity contribution is -0.384. The number of hydrogen-bond acceptors (Lipinski definition) is 5. The van der Waals surface area contributed by atoms with Crippen molar-refractivity contribution in [2.45, 2.75) is 18.9 Å². The van der Waals surface area contributed by atoms with Gasteiger partial charge in [0.15, 0.2) is 11.6 Å². The summed E-state index contributed by atoms with van der Waals surface area (Å²) < 4.78 is 18.6. The summed E-state index contributed by atoms with van der Waals surface area (Å²) in [7, 11) is 3.13. The summed E-state index contributed by atoms with van der Waals surface area (Å²) in [5, 5.41) is 14.4. The van der Waals surface area contributed by atoms with Gasteiger partial charge in [-0.25, -0.2) is 4.39 Å². The van der Waals surface area contributed by atoms with E-state index in [9.17, 15) is 14.5 Å². The number of nitro benzene ring substituents is 1. The molecule has 1 aromatic carbocycles. The van der Waals surface area contributed by atoms with Crippen molar-refractivity contribution in [3.63, 3.8) is 0 Å². The van der Waals surface area contributed by atoms with E-state index in [1.165, 1.54) is 13.2 Å². The van der Waals surface area contributed by atoms with Crippen LogP contribution in [-0.2, 0) is 0 Å². The molecule has 0 spiro atoms. The highest BCUT2D eigenvalue weighted by atomic mass is 19.1. The quantitative estimate of drug-likeness (QED) is 0.675. The van der Waals surface area contributed by atoms with Crippen molar-refractivity contribution in [1.82, 2.24) is 5.32 Å². The molecule has 1 unspecified atom stereocenters. The predicted molar refractivity (Wildman–Crippen MR) is 73.9 cm³/mol. The summed E-state index contributed by atoms with van der Waals surface area (Å²) in [6.45, 7) is 1.71. The molecule has 110 valence electrons. The van der Waals surface area contributed by atoms with Crippen LogP contribution in [-0.4, -0.2) is 38.2 Å². The first kappa shape index (κ1) is 14.5. The Morgan fingerprint density at radius 3 is 2.85 bits per heavy atom. The van der Waals surface area contributed by atoms with E-state index >= 15 is 0 Å². The molecule has 0 radical (unpaired) electrons. The second kappa shape index (κ2) is 6.04. The predicted octanol–water partition coefficient (Wildman–Crippen LogP) is 1.93. The standard InChI is InChI=1S/C13H18FN3O3/c1-16(9-4-3-5-15-8-9)11-7-13(20-2)10(14)6-12(11)17(18)19/h6-7,9,15H,3-5,8H2,1-2H3. The van der Waals surface area contributed by atoms with Crippen LogP contribution < -0.4 is 15.0 Å². The average Bonchev–Trinajstić information content (AvgIpc) is 2.47. The summed E-state index contributed by atoms with van der Waals surface area (Å²) in [5.41, 5.74) is 0.137. The van der Waals surface area contributed by atoms with E-state index < -0.39 is 10.7 Å². The van der Waals surface area contributed by atoms with Crippen LogP contribution >= 0.6 is 0 Å². The lowest BCUT2D eigenvalue weighted by Gasteiger charge is -2.33. The van der Waals surface area contributed by atoms with E-state index in [-0.39, 0.29) is 17.5 Å². The number of likely N-dealkylation sites (N-methyl/N-ethyl adjacent to an activating group) is 1. The maximum Gasteiger partial charge on any atom is 0.295 e. The van der Waals surface area contributed by atoms with Gasteiger partial charge in [0.1, 0.15) is 5.69 Å². The molecule has 0 aliphatic carbocycles. The van der Waals surface area contributed by atoms with E-state index in [0.29, 0.717) is 5.69 Å². The molecule has 0 bridgehead atoms. The SMILES string of the molecule is COc1cc(N(C)C2CCCNC2)c([N+](=O)[O-])cc1F. The maximum absolute atomic E-state index is 13.6. The minimum atomic E-state index is -0.724. The Hall–Kier alpha value is -1.89. The first-order chi connectivity index (χ1) is 9.54. The summed E-state index contributed by atoms with van der Waals surface area (Å²) in [6, 6.07) is 2.46. The lowest BCUT2D eigenvalue weighted by Crippen LogP contribution is -2.44. The zero-order chi connectivity index (χ0) is 14.7. The third-order valence-electron chi connectivity index (χ3n) is 3.64. The number of nitrogens with zero attached hydrogens (tertiary/aromatic N) is 2. The lowest BCUT2D eigenvalue weighted by atomic mass is 10.1. The minimum Gasteiger partial charge on any atom is -0.494 e. The number of methoxy groups -OCH3 is 1. The maximum atomic E-state index is 13.6. The summed E-state index contributed by atoms with van der Waals surface area (Å²) in [6.07, 6.45) is 1.96. The van der Waals surface area contributed by atoms with Crippen LogP contribution in [0.2, 0.25) is 0 Å². The first-order valence-electron chi connectivity index (χ1n) is 6.50. The molecular weight excluding hydrogens is 265 g/mol. The molecule has 1 saturated heterocycles. The summed E-state index contributed by atoms with van der Waals surface area (Å²) in [4.78, 5) is 12.4. The number of benzene rings is 1. The Labute approximate surface area is 116 Å². The molecule has 6 nitrogen and oxygen atoms in total. The van der Waals surface area contributed by atoms with Gasteiger partial charge in [-0.1, -0.05) is 0 Å². The van der Waals surface area contributed by atoms with E-state index in [0.717, 1.165) is 32.0 Å². The normalized spacial score (nSPS) is 18.6. The zero-order valence-electron chi connectivity index (χ0n) is 11.6. The van der Waals surface area contributed by atoms with Crippen LogP contribution in [0.25, 0.3) is 0 Å². The van der Waals surface area contributed by atoms with Gasteiger partial charge in [-0.3, -0.25) is 10.1 Å². The van der Waals surface area contributed by atoms with Crippen molar-refractivity contribution in [3.8, 4) is 5.75 Å². The number of piperidine rings is 1. The second-order valence-corrected chi connectivity index (χ2v) is 4.84. The fourth-order valence-electron chi connectivity index (χ4n) is 2.48. The number of anilines is 1. The third kappa shape index (κ3) is 2.82. The molecule has 1 heterocycles. The molecule has 1 aromatic rings. The Bertz CT molecular complexity index is 504. The van der Waals surface area contributed by atoms with Crippen LogP contribution in [0.4, 0.5) is 15.8 Å². The van der Waals surface area contributed by atoms with Crippen LogP contribution in [0.3, 0.4) is 0 Å². The molecule has 0 aromatic heterocycles. The topological polar surface area (TPSA) is 67.6 Å². The smallest absolute Gasteiger partial charge is 0.295 e. The van der Waals surface area contributed by atoms with Crippen molar-refractivity contribution >= 4 is 11.4 Å². The van der Waals surface area contributed by atoms with Crippen LogP contribution in [0.5, 0.6) is 5.75 Å². The van der Waals surface area contributed by atoms with Crippen LogP contribution in [0.15, 0.2) is 12.1 Å². The van der Waals surface area contributed by atoms with Gasteiger partial charge in [-0.05, 0) is 19.4 Å². The van der Waals surface area contributed by atoms with Crippen LogP contribution in [0, 0.1) is 15.9 Å². The van der Waals surface area contributed by atoms with Crippen LogP contribution in [0.1, 0.15) is 12.8 Å². The monoisotopic (exact) mass is 283 g/mol. The number of halogens is 1. The van der Waals surface area contributed by atoms with Gasteiger partial charge in [-0.2, -0.15) is 0 Å². The second-order valence-electron chi connectivity index (χ2n) is 4.84. The van der Waals surface area contributed by atoms with E-state index in [1.807, 2.05) is 4.90 Å². The van der Waals surface area contributed by atoms with Gasteiger partial charge in [-0.15, -0.1) is 0 Å². The molecule has 1 aliphatic heterocycles. The molecular formula is C13H18FN3O3. The molecule has 1 N–H and O–H groups in total. The molecule has 0 saturated carbocycles. The Kier molecular flexibility index (Phi) is 4.39. The Morgan fingerprint density at radius 1 is 1.55 bits per heavy atom. The Balaban J connectivity index is 2.39. The first-order valence-corrected chi connectivity index (χ1v) is 6.50. The van der Waals surface area contributed by atoms with Crippen molar-refractivity contribution in [1.29, 1.82) is 0 Å². The number of nitrogens with one attached hydrogen (secondary N) is 1. The molecule has 20 heavy (non-hydrogen) atoms. The number of rotatable bonds is 4. The molecule has 1 fully saturated rings. The number of hydrogen-bond donors (Lipinski definition) is 1. The van der Waals surface area contributed by atoms with Gasteiger partial charge in [0.25, 0.3) is 5.69 Å². The van der Waals surface area contributed by atoms with Gasteiger partial charge in [0.2, 0.25) is 0 Å². The van der Waals surface area contributed by atoms with Crippen molar-refractivity contribution in [2.24, 2.45) is 0 Å². The average molecular weight is 283 g/mol. The van der Waals surface area contributed by atoms with Crippen molar-refractivity contribution in [3.05, 3.63) is 28.1 Å². The largest absolute Gasteiger partial charge is 0.494 e. The highest BCUT2D eigenvalue weighted by molar-refractivity contribution is 5.66. The van der Waals surface area contributed by atoms with E-state index in [4.69, 9.17) is 4.74 Å². The van der Waals surface area contributed by atoms with E-state index in [2.05, 4.69) is 5.32 Å². The van der Waals surface area contributed by atoms with Gasteiger partial charge in [0.05, 0.1) is 18.1 Å². The minimum absolute atomic E-state index is 0.0150. The van der Waals surface area contributed by atoms with Gasteiger partial charge < -0.3 is 15.0 Å². The zero-order valence-corrected chi connectivity index (χ0v) is 11.6. The molecule has 0 amide bonds. The summed E-state index contributed by atoms with van der Waals surface area (Å²) in [5.74, 6) is -0.709. The highest BCUT2D eigenvalue weighted by Crippen LogP contribution is 2.35. The van der Waals surface area contributed by atoms with Gasteiger partial charge >= 0.3 is 0 Å². The number of ether oxygens (including phenoxy) is 1. The molecule has 2 rings (SSSR count). The Morgan fingerprint density at radius 2 is 2.30 bits per heavy atom. The highest BCUT2D eigenvalue weighted by Gasteiger charge is 2.26. The van der Waals surface area contributed by atoms with Crippen molar-refractivity contribution in [2.75, 3.05) is 32.1 Å². The fourth-order valence-corrected chi connectivity index (χ4v) is 2.48. The fraction of sp³-hybridized carbons (Fsp3) is 0.538. The van der Waals surface area contributed by atoms with Crippen molar-refractivity contribution < 1.29 is 14.1 Å².